The lowest BCUT2D eigenvalue weighted by Gasteiger charge is -2.17. The number of para-hydroxylation sites is 1. The first-order chi connectivity index (χ1) is 14.2. The third-order valence-electron chi connectivity index (χ3n) is 4.63. The van der Waals surface area contributed by atoms with Crippen molar-refractivity contribution in [2.75, 3.05) is 11.1 Å². The molecule has 30 heavy (non-hydrogen) atoms. The van der Waals surface area contributed by atoms with Crippen LogP contribution in [0.1, 0.15) is 42.5 Å². The Balaban J connectivity index is 1.69. The number of thioether (sulfide) groups is 1. The molecule has 1 heterocycles. The van der Waals surface area contributed by atoms with Crippen LogP contribution in [0.5, 0.6) is 0 Å². The van der Waals surface area contributed by atoms with Crippen molar-refractivity contribution < 1.29 is 9.59 Å². The SMILES string of the molecule is Cc1ccccc1-n1c(C)nnc1SCC(=O)c1ccc(NC(=O)C(C)(C)C)cc1. The first-order valence-corrected chi connectivity index (χ1v) is 10.7. The van der Waals surface area contributed by atoms with E-state index >= 15 is 0 Å². The Kier molecular flexibility index (Phi) is 6.41. The highest BCUT2D eigenvalue weighted by atomic mass is 32.2. The normalized spacial score (nSPS) is 11.4. The van der Waals surface area contributed by atoms with E-state index < -0.39 is 5.41 Å². The molecule has 0 bridgehead atoms. The summed E-state index contributed by atoms with van der Waals surface area (Å²) in [6.07, 6.45) is 0. The summed E-state index contributed by atoms with van der Waals surface area (Å²) in [6, 6.07) is 15.0. The Morgan fingerprint density at radius 3 is 2.30 bits per heavy atom. The van der Waals surface area contributed by atoms with E-state index in [1.807, 2.05) is 63.5 Å². The highest BCUT2D eigenvalue weighted by Crippen LogP contribution is 2.25. The predicted octanol–water partition coefficient (Wildman–Crippen LogP) is 4.84. The van der Waals surface area contributed by atoms with Gasteiger partial charge in [-0.25, -0.2) is 0 Å². The van der Waals surface area contributed by atoms with E-state index in [0.717, 1.165) is 17.1 Å². The Morgan fingerprint density at radius 2 is 1.67 bits per heavy atom. The number of nitrogens with one attached hydrogen (secondary N) is 1. The van der Waals surface area contributed by atoms with E-state index in [2.05, 4.69) is 15.5 Å². The van der Waals surface area contributed by atoms with Crippen LogP contribution in [0.2, 0.25) is 0 Å². The zero-order valence-corrected chi connectivity index (χ0v) is 18.7. The first kappa shape index (κ1) is 21.8. The van der Waals surface area contributed by atoms with E-state index in [9.17, 15) is 9.59 Å². The van der Waals surface area contributed by atoms with Crippen LogP contribution in [0.4, 0.5) is 5.69 Å². The van der Waals surface area contributed by atoms with Gasteiger partial charge in [0.1, 0.15) is 5.82 Å². The number of hydrogen-bond acceptors (Lipinski definition) is 5. The fourth-order valence-electron chi connectivity index (χ4n) is 2.80. The molecule has 0 aliphatic carbocycles. The molecule has 0 radical (unpaired) electrons. The minimum atomic E-state index is -0.476. The molecule has 3 rings (SSSR count). The minimum Gasteiger partial charge on any atom is -0.326 e. The van der Waals surface area contributed by atoms with Crippen molar-refractivity contribution in [3.05, 3.63) is 65.5 Å². The van der Waals surface area contributed by atoms with Crippen LogP contribution in [0.3, 0.4) is 0 Å². The number of carbonyl (C=O) groups is 2. The number of anilines is 1. The standard InChI is InChI=1S/C23H26N4O2S/c1-15-8-6-7-9-19(15)27-16(2)25-26-22(27)30-14-20(28)17-10-12-18(13-11-17)24-21(29)23(3,4)5/h6-13H,14H2,1-5H3,(H,24,29). The Hall–Kier alpha value is -2.93. The van der Waals surface area contributed by atoms with Gasteiger partial charge in [-0.2, -0.15) is 0 Å². The van der Waals surface area contributed by atoms with Gasteiger partial charge in [0.15, 0.2) is 10.9 Å². The van der Waals surface area contributed by atoms with E-state index in [1.165, 1.54) is 11.8 Å². The fraction of sp³-hybridized carbons (Fsp3) is 0.304. The molecule has 0 aliphatic heterocycles. The van der Waals surface area contributed by atoms with E-state index in [1.54, 1.807) is 24.3 Å². The summed E-state index contributed by atoms with van der Waals surface area (Å²) in [6.45, 7) is 9.50. The van der Waals surface area contributed by atoms with Crippen molar-refractivity contribution >= 4 is 29.1 Å². The zero-order valence-electron chi connectivity index (χ0n) is 17.9. The van der Waals surface area contributed by atoms with Crippen molar-refractivity contribution in [3.63, 3.8) is 0 Å². The predicted molar refractivity (Wildman–Crippen MR) is 120 cm³/mol. The van der Waals surface area contributed by atoms with Crippen LogP contribution in [0.25, 0.3) is 5.69 Å². The fourth-order valence-corrected chi connectivity index (χ4v) is 3.68. The van der Waals surface area contributed by atoms with Gasteiger partial charge in [0.2, 0.25) is 5.91 Å². The van der Waals surface area contributed by atoms with Gasteiger partial charge in [0.25, 0.3) is 0 Å². The van der Waals surface area contributed by atoms with Crippen LogP contribution in [-0.4, -0.2) is 32.2 Å². The van der Waals surface area contributed by atoms with Crippen LogP contribution < -0.4 is 5.32 Å². The first-order valence-electron chi connectivity index (χ1n) is 9.72. The lowest BCUT2D eigenvalue weighted by molar-refractivity contribution is -0.123. The average Bonchev–Trinajstić information content (AvgIpc) is 3.06. The largest absolute Gasteiger partial charge is 0.326 e. The van der Waals surface area contributed by atoms with Crippen molar-refractivity contribution in [1.29, 1.82) is 0 Å². The smallest absolute Gasteiger partial charge is 0.229 e. The van der Waals surface area contributed by atoms with Crippen LogP contribution in [-0.2, 0) is 4.79 Å². The van der Waals surface area contributed by atoms with Crippen LogP contribution in [0.15, 0.2) is 53.7 Å². The van der Waals surface area contributed by atoms with Gasteiger partial charge >= 0.3 is 0 Å². The molecule has 0 unspecified atom stereocenters. The molecule has 1 N–H and O–H groups in total. The van der Waals surface area contributed by atoms with Gasteiger partial charge in [-0.3, -0.25) is 14.2 Å². The molecule has 2 aromatic carbocycles. The summed E-state index contributed by atoms with van der Waals surface area (Å²) in [7, 11) is 0. The second kappa shape index (κ2) is 8.83. The number of benzene rings is 2. The number of aryl methyl sites for hydroxylation is 2. The monoisotopic (exact) mass is 422 g/mol. The maximum absolute atomic E-state index is 12.7. The maximum atomic E-state index is 12.7. The zero-order chi connectivity index (χ0) is 21.9. The van der Waals surface area contributed by atoms with E-state index in [-0.39, 0.29) is 17.4 Å². The molecule has 6 nitrogen and oxygen atoms in total. The van der Waals surface area contributed by atoms with Crippen molar-refractivity contribution in [3.8, 4) is 5.69 Å². The van der Waals surface area contributed by atoms with Crippen molar-refractivity contribution in [2.24, 2.45) is 5.41 Å². The average molecular weight is 423 g/mol. The van der Waals surface area contributed by atoms with Gasteiger partial charge in [-0.15, -0.1) is 10.2 Å². The lowest BCUT2D eigenvalue weighted by Crippen LogP contribution is -2.27. The molecule has 0 saturated carbocycles. The number of Topliss-reactive ketones (excluding diaryl/α,β-unsaturated/α-hetero) is 1. The maximum Gasteiger partial charge on any atom is 0.229 e. The minimum absolute atomic E-state index is 0.00863. The van der Waals surface area contributed by atoms with Gasteiger partial charge < -0.3 is 5.32 Å². The molecular formula is C23H26N4O2S. The van der Waals surface area contributed by atoms with Crippen molar-refractivity contribution in [2.45, 2.75) is 39.8 Å². The number of hydrogen-bond donors (Lipinski definition) is 1. The quantitative estimate of drug-likeness (QED) is 0.454. The Morgan fingerprint density at radius 1 is 1.00 bits per heavy atom. The molecule has 0 saturated heterocycles. The van der Waals surface area contributed by atoms with Crippen LogP contribution in [0, 0.1) is 19.3 Å². The molecule has 0 aliphatic rings. The summed E-state index contributed by atoms with van der Waals surface area (Å²) in [4.78, 5) is 24.8. The summed E-state index contributed by atoms with van der Waals surface area (Å²) in [5, 5.41) is 12.0. The molecule has 0 fully saturated rings. The molecule has 1 amide bonds. The topological polar surface area (TPSA) is 76.9 Å². The van der Waals surface area contributed by atoms with E-state index in [4.69, 9.17) is 0 Å². The van der Waals surface area contributed by atoms with Gasteiger partial charge in [0, 0.05) is 16.7 Å². The van der Waals surface area contributed by atoms with Gasteiger partial charge in [-0.1, -0.05) is 50.7 Å². The second-order valence-corrected chi connectivity index (χ2v) is 9.09. The molecule has 0 atom stereocenters. The third-order valence-corrected chi connectivity index (χ3v) is 5.56. The molecular weight excluding hydrogens is 396 g/mol. The van der Waals surface area contributed by atoms with E-state index in [0.29, 0.717) is 16.4 Å². The number of nitrogens with zero attached hydrogens (tertiary/aromatic N) is 3. The third kappa shape index (κ3) is 4.97. The molecule has 3 aromatic rings. The lowest BCUT2D eigenvalue weighted by atomic mass is 9.95. The van der Waals surface area contributed by atoms with Gasteiger partial charge in [-0.05, 0) is 49.7 Å². The van der Waals surface area contributed by atoms with Gasteiger partial charge in [0.05, 0.1) is 11.4 Å². The number of ketones is 1. The number of rotatable bonds is 6. The molecule has 1 aromatic heterocycles. The van der Waals surface area contributed by atoms with Crippen LogP contribution >= 0.6 is 11.8 Å². The Labute approximate surface area is 181 Å². The summed E-state index contributed by atoms with van der Waals surface area (Å²) < 4.78 is 1.97. The molecule has 0 spiro atoms. The molecule has 7 heteroatoms. The Bertz CT molecular complexity index is 1070. The highest BCUT2D eigenvalue weighted by Gasteiger charge is 2.21. The number of amides is 1. The summed E-state index contributed by atoms with van der Waals surface area (Å²) in [5.74, 6) is 0.949. The molecule has 156 valence electrons. The summed E-state index contributed by atoms with van der Waals surface area (Å²) >= 11 is 1.36. The van der Waals surface area contributed by atoms with Crippen molar-refractivity contribution in [1.82, 2.24) is 14.8 Å². The number of aromatic nitrogens is 3. The highest BCUT2D eigenvalue weighted by molar-refractivity contribution is 7.99. The summed E-state index contributed by atoms with van der Waals surface area (Å²) in [5.41, 5.74) is 2.91. The second-order valence-electron chi connectivity index (χ2n) is 8.15. The number of carbonyl (C=O) groups excluding carboxylic acids is 2.